The fourth-order valence-electron chi connectivity index (χ4n) is 3.53. The molecule has 1 aliphatic heterocycles. The number of rotatable bonds is 3. The molecule has 7 heteroatoms. The van der Waals surface area contributed by atoms with E-state index in [0.717, 1.165) is 40.3 Å². The number of pyridine rings is 1. The molecule has 1 saturated heterocycles. The second-order valence-electron chi connectivity index (χ2n) is 6.67. The predicted octanol–water partition coefficient (Wildman–Crippen LogP) is 4.38. The van der Waals surface area contributed by atoms with Crippen LogP contribution in [-0.2, 0) is 0 Å². The molecule has 4 aromatic rings. The molecule has 0 spiro atoms. The van der Waals surface area contributed by atoms with Crippen molar-refractivity contribution in [2.75, 3.05) is 31.1 Å². The molecule has 1 aromatic carbocycles. The highest BCUT2D eigenvalue weighted by Gasteiger charge is 2.24. The van der Waals surface area contributed by atoms with Crippen LogP contribution in [0.2, 0.25) is 0 Å². The zero-order valence-corrected chi connectivity index (χ0v) is 16.7. The van der Waals surface area contributed by atoms with Crippen molar-refractivity contribution >= 4 is 44.5 Å². The van der Waals surface area contributed by atoms with Crippen LogP contribution >= 0.6 is 22.7 Å². The summed E-state index contributed by atoms with van der Waals surface area (Å²) >= 11 is 3.38. The first-order chi connectivity index (χ1) is 13.8. The molecule has 5 nitrogen and oxygen atoms in total. The molecule has 0 atom stereocenters. The average molecular weight is 407 g/mol. The first kappa shape index (κ1) is 17.3. The summed E-state index contributed by atoms with van der Waals surface area (Å²) in [6.07, 6.45) is 3.54. The number of thiazole rings is 1. The summed E-state index contributed by atoms with van der Waals surface area (Å²) in [5.74, 6) is 0.0925. The predicted molar refractivity (Wildman–Crippen MR) is 115 cm³/mol. The van der Waals surface area contributed by atoms with Crippen LogP contribution in [-0.4, -0.2) is 47.0 Å². The summed E-state index contributed by atoms with van der Waals surface area (Å²) in [6, 6.07) is 11.9. The quantitative estimate of drug-likeness (QED) is 0.507. The van der Waals surface area contributed by atoms with Crippen molar-refractivity contribution in [2.45, 2.75) is 0 Å². The third kappa shape index (κ3) is 3.16. The van der Waals surface area contributed by atoms with Crippen LogP contribution in [0.15, 0.2) is 59.6 Å². The third-order valence-electron chi connectivity index (χ3n) is 5.01. The Bertz CT molecular complexity index is 1110. The van der Waals surface area contributed by atoms with Crippen molar-refractivity contribution in [3.8, 4) is 10.6 Å². The lowest BCUT2D eigenvalue weighted by molar-refractivity contribution is 0.0749. The van der Waals surface area contributed by atoms with Gasteiger partial charge in [-0.3, -0.25) is 9.78 Å². The molecule has 0 N–H and O–H groups in total. The van der Waals surface area contributed by atoms with Gasteiger partial charge in [0.25, 0.3) is 5.91 Å². The zero-order valence-electron chi connectivity index (χ0n) is 15.1. The van der Waals surface area contributed by atoms with Crippen LogP contribution in [0.4, 0.5) is 5.13 Å². The van der Waals surface area contributed by atoms with Gasteiger partial charge in [-0.25, -0.2) is 4.98 Å². The Hall–Kier alpha value is -2.77. The van der Waals surface area contributed by atoms with E-state index in [4.69, 9.17) is 4.98 Å². The Balaban J connectivity index is 1.30. The second-order valence-corrected chi connectivity index (χ2v) is 8.46. The molecule has 5 rings (SSSR count). The number of hydrogen-bond donors (Lipinski definition) is 0. The molecule has 1 amide bonds. The number of anilines is 1. The fourth-order valence-corrected chi connectivity index (χ4v) is 5.17. The summed E-state index contributed by atoms with van der Waals surface area (Å²) in [6.45, 7) is 3.01. The molecule has 0 aliphatic carbocycles. The number of amides is 1. The fraction of sp³-hybridized carbons (Fsp3) is 0.190. The Morgan fingerprint density at radius 1 is 1.00 bits per heavy atom. The molecule has 0 radical (unpaired) electrons. The van der Waals surface area contributed by atoms with Gasteiger partial charge in [-0.2, -0.15) is 0 Å². The maximum absolute atomic E-state index is 13.1. The van der Waals surface area contributed by atoms with Crippen LogP contribution < -0.4 is 4.90 Å². The number of fused-ring (bicyclic) bond motifs is 1. The van der Waals surface area contributed by atoms with Gasteiger partial charge in [-0.15, -0.1) is 22.7 Å². The molecule has 0 unspecified atom stereocenters. The summed E-state index contributed by atoms with van der Waals surface area (Å²) in [4.78, 5) is 27.5. The Morgan fingerprint density at radius 2 is 1.89 bits per heavy atom. The van der Waals surface area contributed by atoms with Gasteiger partial charge in [0.1, 0.15) is 0 Å². The summed E-state index contributed by atoms with van der Waals surface area (Å²) in [7, 11) is 0. The monoisotopic (exact) mass is 406 g/mol. The van der Waals surface area contributed by atoms with Crippen LogP contribution in [0.3, 0.4) is 0 Å². The minimum absolute atomic E-state index is 0.0925. The molecular formula is C21H18N4OS2. The largest absolute Gasteiger partial charge is 0.345 e. The normalized spacial score (nSPS) is 14.6. The van der Waals surface area contributed by atoms with E-state index < -0.39 is 0 Å². The number of aromatic nitrogens is 2. The number of piperazine rings is 1. The Labute approximate surface area is 170 Å². The summed E-state index contributed by atoms with van der Waals surface area (Å²) < 4.78 is 0. The van der Waals surface area contributed by atoms with Gasteiger partial charge < -0.3 is 9.80 Å². The first-order valence-corrected chi connectivity index (χ1v) is 10.9. The van der Waals surface area contributed by atoms with E-state index in [1.807, 2.05) is 35.2 Å². The standard InChI is InChI=1S/C21H18N4OS2/c26-20(17-4-1-3-15-13-22-7-6-16(15)17)24-8-10-25(11-9-24)21-23-18(14-28-21)19-5-2-12-27-19/h1-7,12-14H,8-11H2. The van der Waals surface area contributed by atoms with Crippen LogP contribution in [0.5, 0.6) is 0 Å². The number of carbonyl (C=O) groups is 1. The van der Waals surface area contributed by atoms with E-state index in [-0.39, 0.29) is 5.91 Å². The molecular weight excluding hydrogens is 388 g/mol. The molecule has 0 bridgehead atoms. The minimum Gasteiger partial charge on any atom is -0.345 e. The average Bonchev–Trinajstić information content (AvgIpc) is 3.45. The van der Waals surface area contributed by atoms with E-state index in [0.29, 0.717) is 13.1 Å². The highest BCUT2D eigenvalue weighted by Crippen LogP contribution is 2.30. The van der Waals surface area contributed by atoms with E-state index in [1.54, 1.807) is 35.1 Å². The topological polar surface area (TPSA) is 49.3 Å². The molecule has 28 heavy (non-hydrogen) atoms. The van der Waals surface area contributed by atoms with Gasteiger partial charge in [-0.05, 0) is 29.0 Å². The molecule has 1 fully saturated rings. The highest BCUT2D eigenvalue weighted by molar-refractivity contribution is 7.16. The minimum atomic E-state index is 0.0925. The van der Waals surface area contributed by atoms with Gasteiger partial charge in [-0.1, -0.05) is 18.2 Å². The van der Waals surface area contributed by atoms with Crippen molar-refractivity contribution in [1.29, 1.82) is 0 Å². The molecule has 4 heterocycles. The summed E-state index contributed by atoms with van der Waals surface area (Å²) in [5.41, 5.74) is 1.79. The van der Waals surface area contributed by atoms with E-state index >= 15 is 0 Å². The summed E-state index contributed by atoms with van der Waals surface area (Å²) in [5, 5.41) is 7.18. The number of carbonyl (C=O) groups excluding carboxylic acids is 1. The van der Waals surface area contributed by atoms with E-state index in [2.05, 4.69) is 26.7 Å². The molecule has 3 aromatic heterocycles. The smallest absolute Gasteiger partial charge is 0.254 e. The van der Waals surface area contributed by atoms with Crippen molar-refractivity contribution in [3.05, 3.63) is 65.1 Å². The van der Waals surface area contributed by atoms with Crippen molar-refractivity contribution in [2.24, 2.45) is 0 Å². The van der Waals surface area contributed by atoms with Gasteiger partial charge in [0.05, 0.1) is 10.6 Å². The lowest BCUT2D eigenvalue weighted by Gasteiger charge is -2.34. The SMILES string of the molecule is O=C(c1cccc2cnccc12)N1CCN(c2nc(-c3cccs3)cs2)CC1. The number of benzene rings is 1. The van der Waals surface area contributed by atoms with E-state index in [9.17, 15) is 4.79 Å². The number of hydrogen-bond acceptors (Lipinski definition) is 6. The Kier molecular flexibility index (Phi) is 4.54. The van der Waals surface area contributed by atoms with Crippen LogP contribution in [0, 0.1) is 0 Å². The Morgan fingerprint density at radius 3 is 2.71 bits per heavy atom. The lowest BCUT2D eigenvalue weighted by Crippen LogP contribution is -2.48. The maximum Gasteiger partial charge on any atom is 0.254 e. The zero-order chi connectivity index (χ0) is 18.9. The third-order valence-corrected chi connectivity index (χ3v) is 6.81. The highest BCUT2D eigenvalue weighted by atomic mass is 32.1. The van der Waals surface area contributed by atoms with Gasteiger partial charge >= 0.3 is 0 Å². The first-order valence-electron chi connectivity index (χ1n) is 9.16. The van der Waals surface area contributed by atoms with Crippen molar-refractivity contribution in [1.82, 2.24) is 14.9 Å². The lowest BCUT2D eigenvalue weighted by atomic mass is 10.1. The van der Waals surface area contributed by atoms with Gasteiger partial charge in [0, 0.05) is 54.9 Å². The van der Waals surface area contributed by atoms with Gasteiger partial charge in [0.15, 0.2) is 5.13 Å². The van der Waals surface area contributed by atoms with E-state index in [1.165, 1.54) is 4.88 Å². The van der Waals surface area contributed by atoms with Crippen LogP contribution in [0.25, 0.3) is 21.3 Å². The van der Waals surface area contributed by atoms with Crippen molar-refractivity contribution < 1.29 is 4.79 Å². The maximum atomic E-state index is 13.1. The van der Waals surface area contributed by atoms with Crippen LogP contribution in [0.1, 0.15) is 10.4 Å². The molecule has 0 saturated carbocycles. The van der Waals surface area contributed by atoms with Crippen molar-refractivity contribution in [3.63, 3.8) is 0 Å². The molecule has 140 valence electrons. The number of thiophene rings is 1. The second kappa shape index (κ2) is 7.33. The molecule has 1 aliphatic rings. The number of nitrogens with zero attached hydrogens (tertiary/aromatic N) is 4. The van der Waals surface area contributed by atoms with Gasteiger partial charge in [0.2, 0.25) is 0 Å².